The van der Waals surface area contributed by atoms with Crippen LogP contribution in [0.25, 0.3) is 0 Å². The summed E-state index contributed by atoms with van der Waals surface area (Å²) >= 11 is 5.74. The predicted molar refractivity (Wildman–Crippen MR) is 105 cm³/mol. The van der Waals surface area contributed by atoms with Gasteiger partial charge in [0.2, 0.25) is 0 Å². The lowest BCUT2D eigenvalue weighted by molar-refractivity contribution is -0.384. The Hall–Kier alpha value is -3.85. The number of furan rings is 1. The van der Waals surface area contributed by atoms with Gasteiger partial charge in [0, 0.05) is 23.5 Å². The number of nitro groups is 1. The molecule has 2 N–H and O–H groups in total. The minimum atomic E-state index is -0.642. The van der Waals surface area contributed by atoms with Crippen LogP contribution >= 0.6 is 11.6 Å². The zero-order valence-electron chi connectivity index (χ0n) is 14.8. The van der Waals surface area contributed by atoms with E-state index in [4.69, 9.17) is 20.8 Å². The fourth-order valence-corrected chi connectivity index (χ4v) is 2.53. The van der Waals surface area contributed by atoms with Crippen LogP contribution in [0.2, 0.25) is 5.02 Å². The lowest BCUT2D eigenvalue weighted by atomic mass is 10.2. The second-order valence-electron chi connectivity index (χ2n) is 5.72. The Morgan fingerprint density at radius 1 is 1.07 bits per heavy atom. The molecule has 2 aromatic carbocycles. The van der Waals surface area contributed by atoms with E-state index in [0.717, 1.165) is 6.07 Å². The molecule has 0 radical (unpaired) electrons. The largest absolute Gasteiger partial charge is 0.484 e. The fraction of sp³-hybridized carbons (Fsp3) is 0.0526. The zero-order chi connectivity index (χ0) is 20.8. The summed E-state index contributed by atoms with van der Waals surface area (Å²) < 4.78 is 10.4. The van der Waals surface area contributed by atoms with E-state index in [1.54, 1.807) is 30.3 Å². The molecule has 0 fully saturated rings. The molecular formula is C19H14ClN3O6. The van der Waals surface area contributed by atoms with Crippen molar-refractivity contribution in [1.82, 2.24) is 0 Å². The highest BCUT2D eigenvalue weighted by molar-refractivity contribution is 6.32. The second-order valence-corrected chi connectivity index (χ2v) is 6.13. The Morgan fingerprint density at radius 2 is 1.86 bits per heavy atom. The molecule has 0 unspecified atom stereocenters. The smallest absolute Gasteiger partial charge is 0.291 e. The van der Waals surface area contributed by atoms with Gasteiger partial charge in [-0.3, -0.25) is 19.7 Å². The van der Waals surface area contributed by atoms with Gasteiger partial charge in [-0.2, -0.15) is 0 Å². The summed E-state index contributed by atoms with van der Waals surface area (Å²) in [5, 5.41) is 16.0. The molecule has 2 amide bonds. The molecule has 0 bridgehead atoms. The lowest BCUT2D eigenvalue weighted by Crippen LogP contribution is -2.20. The molecule has 0 aliphatic rings. The van der Waals surface area contributed by atoms with Gasteiger partial charge in [0.15, 0.2) is 12.4 Å². The monoisotopic (exact) mass is 415 g/mol. The number of anilines is 2. The molecule has 1 aromatic heterocycles. The highest BCUT2D eigenvalue weighted by Crippen LogP contribution is 2.27. The summed E-state index contributed by atoms with van der Waals surface area (Å²) in [6, 6.07) is 13.5. The van der Waals surface area contributed by atoms with E-state index >= 15 is 0 Å². The third kappa shape index (κ3) is 5.33. The van der Waals surface area contributed by atoms with E-state index in [-0.39, 0.29) is 28.8 Å². The minimum Gasteiger partial charge on any atom is -0.484 e. The average molecular weight is 416 g/mol. The van der Waals surface area contributed by atoms with Gasteiger partial charge in [0.05, 0.1) is 11.2 Å². The predicted octanol–water partition coefficient (Wildman–Crippen LogP) is 4.11. The van der Waals surface area contributed by atoms with Crippen LogP contribution in [0.1, 0.15) is 10.6 Å². The Morgan fingerprint density at radius 3 is 2.59 bits per heavy atom. The number of nitrogens with one attached hydrogen (secondary N) is 2. The maximum atomic E-state index is 12.0. The SMILES string of the molecule is O=C(COc1cccc(NC(=O)c2ccco2)c1)Nc1ccc(Cl)c([N+](=O)[O-])c1. The van der Waals surface area contributed by atoms with Crippen molar-refractivity contribution in [3.05, 3.63) is 81.8 Å². The summed E-state index contributed by atoms with van der Waals surface area (Å²) in [6.45, 7) is -0.341. The number of carbonyl (C=O) groups excluding carboxylic acids is 2. The van der Waals surface area contributed by atoms with Gasteiger partial charge in [-0.1, -0.05) is 17.7 Å². The highest BCUT2D eigenvalue weighted by atomic mass is 35.5. The molecule has 0 spiro atoms. The van der Waals surface area contributed by atoms with Crippen molar-refractivity contribution in [3.63, 3.8) is 0 Å². The van der Waals surface area contributed by atoms with Crippen molar-refractivity contribution in [2.75, 3.05) is 17.2 Å². The van der Waals surface area contributed by atoms with Gasteiger partial charge < -0.3 is 19.8 Å². The Kier molecular flexibility index (Phi) is 6.10. The summed E-state index contributed by atoms with van der Waals surface area (Å²) in [6.07, 6.45) is 1.39. The number of nitro benzene ring substituents is 1. The van der Waals surface area contributed by atoms with Crippen LogP contribution in [0, 0.1) is 10.1 Å². The zero-order valence-corrected chi connectivity index (χ0v) is 15.5. The van der Waals surface area contributed by atoms with Crippen LogP contribution < -0.4 is 15.4 Å². The maximum Gasteiger partial charge on any atom is 0.291 e. The van der Waals surface area contributed by atoms with E-state index in [1.165, 1.54) is 24.5 Å². The molecule has 0 saturated carbocycles. The van der Waals surface area contributed by atoms with Gasteiger partial charge in [-0.25, -0.2) is 0 Å². The first-order chi connectivity index (χ1) is 13.9. The summed E-state index contributed by atoms with van der Waals surface area (Å²) in [4.78, 5) is 34.3. The Labute approximate surface area is 169 Å². The standard InChI is InChI=1S/C19H14ClN3O6/c20-15-7-6-13(10-16(15)23(26)27)21-18(24)11-29-14-4-1-3-12(9-14)22-19(25)17-5-2-8-28-17/h1-10H,11H2,(H,21,24)(H,22,25). The van der Waals surface area contributed by atoms with Crippen LogP contribution in [0.15, 0.2) is 65.3 Å². The first-order valence-electron chi connectivity index (χ1n) is 8.24. The van der Waals surface area contributed by atoms with Crippen LogP contribution in [0.3, 0.4) is 0 Å². The van der Waals surface area contributed by atoms with E-state index in [9.17, 15) is 19.7 Å². The number of amides is 2. The van der Waals surface area contributed by atoms with Gasteiger partial charge in [-0.15, -0.1) is 0 Å². The molecule has 0 atom stereocenters. The third-order valence-electron chi connectivity index (χ3n) is 3.63. The fourth-order valence-electron chi connectivity index (χ4n) is 2.34. The van der Waals surface area contributed by atoms with Crippen LogP contribution in [0.4, 0.5) is 17.1 Å². The minimum absolute atomic E-state index is 0.0299. The van der Waals surface area contributed by atoms with E-state index in [2.05, 4.69) is 10.6 Å². The number of hydrogen-bond acceptors (Lipinski definition) is 6. The number of ether oxygens (including phenoxy) is 1. The second kappa shape index (κ2) is 8.89. The van der Waals surface area contributed by atoms with Gasteiger partial charge >= 0.3 is 0 Å². The van der Waals surface area contributed by atoms with Crippen molar-refractivity contribution in [1.29, 1.82) is 0 Å². The van der Waals surface area contributed by atoms with Crippen LogP contribution in [-0.4, -0.2) is 23.3 Å². The number of nitrogens with zero attached hydrogens (tertiary/aromatic N) is 1. The number of halogens is 1. The van der Waals surface area contributed by atoms with Crippen molar-refractivity contribution in [2.24, 2.45) is 0 Å². The van der Waals surface area contributed by atoms with E-state index in [0.29, 0.717) is 11.4 Å². The molecule has 0 saturated heterocycles. The van der Waals surface area contributed by atoms with Crippen molar-refractivity contribution in [2.45, 2.75) is 0 Å². The van der Waals surface area contributed by atoms with E-state index < -0.39 is 16.7 Å². The van der Waals surface area contributed by atoms with Crippen molar-refractivity contribution in [3.8, 4) is 5.75 Å². The Bertz CT molecular complexity index is 1050. The summed E-state index contributed by atoms with van der Waals surface area (Å²) in [7, 11) is 0. The molecule has 10 heteroatoms. The molecule has 3 aromatic rings. The van der Waals surface area contributed by atoms with Gasteiger partial charge in [0.1, 0.15) is 10.8 Å². The molecule has 29 heavy (non-hydrogen) atoms. The van der Waals surface area contributed by atoms with Crippen molar-refractivity contribution >= 4 is 40.5 Å². The summed E-state index contributed by atoms with van der Waals surface area (Å²) in [5.74, 6) is -0.437. The number of carbonyl (C=O) groups is 2. The maximum absolute atomic E-state index is 12.0. The molecular weight excluding hydrogens is 402 g/mol. The van der Waals surface area contributed by atoms with Gasteiger partial charge in [0.25, 0.3) is 17.5 Å². The molecule has 0 aliphatic heterocycles. The first kappa shape index (κ1) is 19.9. The average Bonchev–Trinajstić information content (AvgIpc) is 3.23. The van der Waals surface area contributed by atoms with Crippen LogP contribution in [-0.2, 0) is 4.79 Å². The number of benzene rings is 2. The normalized spacial score (nSPS) is 10.2. The number of hydrogen-bond donors (Lipinski definition) is 2. The quantitative estimate of drug-likeness (QED) is 0.442. The van der Waals surface area contributed by atoms with Crippen molar-refractivity contribution < 1.29 is 23.7 Å². The molecule has 1 heterocycles. The van der Waals surface area contributed by atoms with Gasteiger partial charge in [-0.05, 0) is 36.4 Å². The third-order valence-corrected chi connectivity index (χ3v) is 3.95. The summed E-state index contributed by atoms with van der Waals surface area (Å²) in [5.41, 5.74) is 0.359. The molecule has 148 valence electrons. The first-order valence-corrected chi connectivity index (χ1v) is 8.61. The van der Waals surface area contributed by atoms with Crippen LogP contribution in [0.5, 0.6) is 5.75 Å². The molecule has 3 rings (SSSR count). The molecule has 9 nitrogen and oxygen atoms in total. The highest BCUT2D eigenvalue weighted by Gasteiger charge is 2.14. The molecule has 0 aliphatic carbocycles. The Balaban J connectivity index is 1.57. The topological polar surface area (TPSA) is 124 Å². The van der Waals surface area contributed by atoms with E-state index in [1.807, 2.05) is 0 Å². The number of rotatable bonds is 7. The lowest BCUT2D eigenvalue weighted by Gasteiger charge is -2.09.